The Morgan fingerprint density at radius 2 is 2.03 bits per heavy atom. The summed E-state index contributed by atoms with van der Waals surface area (Å²) < 4.78 is 65.8. The number of aryl methyl sites for hydroxylation is 1. The van der Waals surface area contributed by atoms with Gasteiger partial charge >= 0.3 is 0 Å². The number of pyridine rings is 1. The highest BCUT2D eigenvalue weighted by Gasteiger charge is 2.46. The Morgan fingerprint density at radius 1 is 1.29 bits per heavy atom. The standard InChI is InChI=1S/C19H27N3O7S2/c1-14-6-5-7-18(20-14)31(25,26)19(2)8-9-28-17(11-19)16-10-15(12-29-30(4,23)24)21-22(16)13-27-3/h5-7,10,17H,8-9,11-13H2,1-4H3. The minimum Gasteiger partial charge on any atom is -0.372 e. The average molecular weight is 474 g/mol. The van der Waals surface area contributed by atoms with Crippen LogP contribution < -0.4 is 0 Å². The van der Waals surface area contributed by atoms with Crippen LogP contribution in [0.2, 0.25) is 0 Å². The zero-order chi connectivity index (χ0) is 22.9. The normalized spacial score (nSPS) is 22.5. The quantitative estimate of drug-likeness (QED) is 0.527. The lowest BCUT2D eigenvalue weighted by Gasteiger charge is -2.37. The van der Waals surface area contributed by atoms with Crippen LogP contribution in [0.1, 0.15) is 43.0 Å². The summed E-state index contributed by atoms with van der Waals surface area (Å²) in [6, 6.07) is 6.58. The van der Waals surface area contributed by atoms with Gasteiger partial charge in [0.05, 0.1) is 22.4 Å². The Balaban J connectivity index is 1.91. The van der Waals surface area contributed by atoms with E-state index in [-0.39, 0.29) is 31.4 Å². The average Bonchev–Trinajstić information content (AvgIpc) is 3.09. The van der Waals surface area contributed by atoms with E-state index in [0.717, 1.165) is 6.26 Å². The van der Waals surface area contributed by atoms with Crippen molar-refractivity contribution in [3.8, 4) is 0 Å². The van der Waals surface area contributed by atoms with Gasteiger partial charge < -0.3 is 9.47 Å². The van der Waals surface area contributed by atoms with E-state index in [1.54, 1.807) is 32.0 Å². The number of methoxy groups -OCH3 is 1. The Hall–Kier alpha value is -1.86. The summed E-state index contributed by atoms with van der Waals surface area (Å²) in [4.78, 5) is 4.22. The number of aromatic nitrogens is 3. The molecule has 1 aliphatic heterocycles. The van der Waals surface area contributed by atoms with Crippen molar-refractivity contribution in [3.05, 3.63) is 41.3 Å². The van der Waals surface area contributed by atoms with Crippen LogP contribution in [0.15, 0.2) is 29.3 Å². The molecule has 12 heteroatoms. The van der Waals surface area contributed by atoms with E-state index in [1.165, 1.54) is 17.9 Å². The number of hydrogen-bond acceptors (Lipinski definition) is 9. The molecule has 2 atom stereocenters. The second kappa shape index (κ2) is 8.94. The monoisotopic (exact) mass is 473 g/mol. The van der Waals surface area contributed by atoms with Crippen LogP contribution in [0.25, 0.3) is 0 Å². The van der Waals surface area contributed by atoms with E-state index in [2.05, 4.69) is 10.1 Å². The Bertz CT molecular complexity index is 1150. The third kappa shape index (κ3) is 5.32. The van der Waals surface area contributed by atoms with Gasteiger partial charge in [0.25, 0.3) is 10.1 Å². The van der Waals surface area contributed by atoms with Crippen molar-refractivity contribution in [1.29, 1.82) is 0 Å². The van der Waals surface area contributed by atoms with Crippen molar-refractivity contribution in [2.24, 2.45) is 0 Å². The summed E-state index contributed by atoms with van der Waals surface area (Å²) in [5.74, 6) is 0. The molecule has 1 fully saturated rings. The maximum absolute atomic E-state index is 13.4. The van der Waals surface area contributed by atoms with Crippen molar-refractivity contribution in [1.82, 2.24) is 14.8 Å². The molecule has 0 bridgehead atoms. The lowest BCUT2D eigenvalue weighted by Crippen LogP contribution is -2.42. The lowest BCUT2D eigenvalue weighted by atomic mass is 9.94. The van der Waals surface area contributed by atoms with Gasteiger partial charge in [-0.1, -0.05) is 6.07 Å². The van der Waals surface area contributed by atoms with Gasteiger partial charge in [-0.05, 0) is 44.9 Å². The van der Waals surface area contributed by atoms with Crippen LogP contribution in [-0.2, 0) is 46.9 Å². The molecular weight excluding hydrogens is 446 g/mol. The molecule has 172 valence electrons. The van der Waals surface area contributed by atoms with Gasteiger partial charge in [0.1, 0.15) is 19.4 Å². The van der Waals surface area contributed by atoms with Gasteiger partial charge in [0, 0.05) is 19.4 Å². The van der Waals surface area contributed by atoms with E-state index in [0.29, 0.717) is 23.5 Å². The maximum atomic E-state index is 13.4. The minimum absolute atomic E-state index is 0.0447. The SMILES string of the molecule is COCn1nc(COS(C)(=O)=O)cc1C1CC(C)(S(=O)(=O)c2cccc(C)n2)CCO1. The molecule has 3 heterocycles. The molecule has 0 spiro atoms. The number of nitrogens with zero attached hydrogens (tertiary/aromatic N) is 3. The van der Waals surface area contributed by atoms with Gasteiger partial charge in [0.15, 0.2) is 5.03 Å². The first-order chi connectivity index (χ1) is 14.4. The highest BCUT2D eigenvalue weighted by molar-refractivity contribution is 7.92. The molecule has 0 radical (unpaired) electrons. The molecule has 0 N–H and O–H groups in total. The molecule has 3 rings (SSSR count). The number of rotatable bonds is 8. The van der Waals surface area contributed by atoms with Gasteiger partial charge in [-0.25, -0.2) is 18.1 Å². The highest BCUT2D eigenvalue weighted by Crippen LogP contribution is 2.41. The van der Waals surface area contributed by atoms with Crippen LogP contribution in [0, 0.1) is 6.92 Å². The summed E-state index contributed by atoms with van der Waals surface area (Å²) >= 11 is 0. The third-order valence-electron chi connectivity index (χ3n) is 5.22. The van der Waals surface area contributed by atoms with Gasteiger partial charge in [-0.15, -0.1) is 0 Å². The van der Waals surface area contributed by atoms with Gasteiger partial charge in [-0.2, -0.15) is 13.5 Å². The molecule has 0 saturated carbocycles. The van der Waals surface area contributed by atoms with Gasteiger partial charge in [-0.3, -0.25) is 4.18 Å². The number of hydrogen-bond donors (Lipinski definition) is 0. The van der Waals surface area contributed by atoms with Crippen LogP contribution in [0.3, 0.4) is 0 Å². The topological polar surface area (TPSA) is 127 Å². The van der Waals surface area contributed by atoms with Crippen molar-refractivity contribution in [2.75, 3.05) is 20.0 Å². The summed E-state index contributed by atoms with van der Waals surface area (Å²) in [5.41, 5.74) is 1.59. The molecule has 2 aromatic heterocycles. The smallest absolute Gasteiger partial charge is 0.264 e. The fourth-order valence-corrected chi connectivity index (χ4v) is 5.62. The van der Waals surface area contributed by atoms with Crippen molar-refractivity contribution in [3.63, 3.8) is 0 Å². The van der Waals surface area contributed by atoms with Gasteiger partial charge in [0.2, 0.25) is 9.84 Å². The summed E-state index contributed by atoms with van der Waals surface area (Å²) in [7, 11) is -5.86. The fraction of sp³-hybridized carbons (Fsp3) is 0.579. The largest absolute Gasteiger partial charge is 0.372 e. The fourth-order valence-electron chi connectivity index (χ4n) is 3.53. The van der Waals surface area contributed by atoms with Crippen LogP contribution in [-0.4, -0.2) is 56.3 Å². The molecular formula is C19H27N3O7S2. The van der Waals surface area contributed by atoms with Crippen molar-refractivity contribution < 1.29 is 30.5 Å². The molecule has 0 aliphatic carbocycles. The Morgan fingerprint density at radius 3 is 2.68 bits per heavy atom. The molecule has 31 heavy (non-hydrogen) atoms. The zero-order valence-corrected chi connectivity index (χ0v) is 19.6. The molecule has 10 nitrogen and oxygen atoms in total. The summed E-state index contributed by atoms with van der Waals surface area (Å²) in [5, 5.41) is 4.36. The third-order valence-corrected chi connectivity index (χ3v) is 8.21. The molecule has 2 aromatic rings. The predicted molar refractivity (Wildman–Crippen MR) is 111 cm³/mol. The Kier molecular flexibility index (Phi) is 6.87. The van der Waals surface area contributed by atoms with Crippen molar-refractivity contribution >= 4 is 20.0 Å². The number of ether oxygens (including phenoxy) is 2. The van der Waals surface area contributed by atoms with Crippen LogP contribution >= 0.6 is 0 Å². The van der Waals surface area contributed by atoms with Crippen LogP contribution in [0.5, 0.6) is 0 Å². The zero-order valence-electron chi connectivity index (χ0n) is 17.9. The first kappa shape index (κ1) is 23.8. The molecule has 0 aromatic carbocycles. The first-order valence-electron chi connectivity index (χ1n) is 9.65. The minimum atomic E-state index is -3.73. The highest BCUT2D eigenvalue weighted by atomic mass is 32.2. The molecule has 2 unspecified atom stereocenters. The Labute approximate surface area is 182 Å². The first-order valence-corrected chi connectivity index (χ1v) is 12.9. The summed E-state index contributed by atoms with van der Waals surface area (Å²) in [6.07, 6.45) is 0.893. The van der Waals surface area contributed by atoms with E-state index >= 15 is 0 Å². The van der Waals surface area contributed by atoms with E-state index in [4.69, 9.17) is 13.7 Å². The number of sulfone groups is 1. The van der Waals surface area contributed by atoms with E-state index < -0.39 is 30.8 Å². The predicted octanol–water partition coefficient (Wildman–Crippen LogP) is 1.75. The van der Waals surface area contributed by atoms with Crippen LogP contribution in [0.4, 0.5) is 0 Å². The summed E-state index contributed by atoms with van der Waals surface area (Å²) in [6.45, 7) is 3.54. The molecule has 1 aliphatic rings. The molecule has 1 saturated heterocycles. The van der Waals surface area contributed by atoms with E-state index in [1.807, 2.05) is 0 Å². The second-order valence-corrected chi connectivity index (χ2v) is 11.9. The van der Waals surface area contributed by atoms with Crippen molar-refractivity contribution in [2.45, 2.75) is 55.9 Å². The maximum Gasteiger partial charge on any atom is 0.264 e. The lowest BCUT2D eigenvalue weighted by molar-refractivity contribution is -0.00923. The second-order valence-electron chi connectivity index (χ2n) is 7.83. The van der Waals surface area contributed by atoms with E-state index in [9.17, 15) is 16.8 Å². The molecule has 0 amide bonds.